The van der Waals surface area contributed by atoms with Crippen LogP contribution in [0.15, 0.2) is 12.1 Å². The maximum Gasteiger partial charge on any atom is 0.163 e. The van der Waals surface area contributed by atoms with Crippen LogP contribution in [0.25, 0.3) is 0 Å². The molecule has 0 heterocycles. The van der Waals surface area contributed by atoms with Crippen molar-refractivity contribution >= 4 is 11.6 Å². The number of nitrogens with zero attached hydrogens (tertiary/aromatic N) is 1. The monoisotopic (exact) mass is 213 g/mol. The van der Waals surface area contributed by atoms with Crippen LogP contribution in [0, 0.1) is 23.0 Å². The molecule has 1 nitrogen and oxygen atoms in total. The molecule has 1 aliphatic carbocycles. The second-order valence-electron chi connectivity index (χ2n) is 3.44. The van der Waals surface area contributed by atoms with E-state index in [2.05, 4.69) is 0 Å². The summed E-state index contributed by atoms with van der Waals surface area (Å²) in [6.07, 6.45) is 1.14. The summed E-state index contributed by atoms with van der Waals surface area (Å²) in [4.78, 5) is 0. The third-order valence-corrected chi connectivity index (χ3v) is 2.69. The first-order valence-electron chi connectivity index (χ1n) is 4.15. The molecular weight excluding hydrogens is 208 g/mol. The van der Waals surface area contributed by atoms with E-state index < -0.39 is 17.0 Å². The number of hydrogen-bond donors (Lipinski definition) is 0. The smallest absolute Gasteiger partial charge is 0.163 e. The summed E-state index contributed by atoms with van der Waals surface area (Å²) >= 11 is 5.60. The van der Waals surface area contributed by atoms with Gasteiger partial charge >= 0.3 is 0 Å². The van der Waals surface area contributed by atoms with Gasteiger partial charge in [0, 0.05) is 10.6 Å². The van der Waals surface area contributed by atoms with Gasteiger partial charge in [-0.1, -0.05) is 11.6 Å². The second-order valence-corrected chi connectivity index (χ2v) is 3.88. The zero-order valence-electron chi connectivity index (χ0n) is 7.15. The van der Waals surface area contributed by atoms with Crippen molar-refractivity contribution in [2.75, 3.05) is 0 Å². The number of halogens is 3. The molecule has 0 radical (unpaired) electrons. The first-order chi connectivity index (χ1) is 6.59. The van der Waals surface area contributed by atoms with Crippen LogP contribution < -0.4 is 0 Å². The van der Waals surface area contributed by atoms with Crippen molar-refractivity contribution in [1.82, 2.24) is 0 Å². The van der Waals surface area contributed by atoms with Crippen LogP contribution in [0.4, 0.5) is 8.78 Å². The highest BCUT2D eigenvalue weighted by atomic mass is 35.5. The van der Waals surface area contributed by atoms with Gasteiger partial charge in [-0.15, -0.1) is 0 Å². The zero-order valence-corrected chi connectivity index (χ0v) is 7.91. The highest BCUT2D eigenvalue weighted by Gasteiger charge is 2.47. The van der Waals surface area contributed by atoms with Gasteiger partial charge in [0.1, 0.15) is 0 Å². The van der Waals surface area contributed by atoms with Gasteiger partial charge in [0.2, 0.25) is 0 Å². The highest BCUT2D eigenvalue weighted by Crippen LogP contribution is 2.49. The van der Waals surface area contributed by atoms with E-state index in [9.17, 15) is 8.78 Å². The van der Waals surface area contributed by atoms with E-state index in [1.807, 2.05) is 6.07 Å². The quantitative estimate of drug-likeness (QED) is 0.658. The molecule has 4 heteroatoms. The van der Waals surface area contributed by atoms with E-state index in [4.69, 9.17) is 16.9 Å². The first kappa shape index (κ1) is 9.42. The Labute approximate surface area is 84.9 Å². The molecule has 2 rings (SSSR count). The molecule has 0 amide bonds. The Balaban J connectivity index is 2.59. The van der Waals surface area contributed by atoms with Crippen LogP contribution in [-0.2, 0) is 5.41 Å². The highest BCUT2D eigenvalue weighted by molar-refractivity contribution is 6.30. The van der Waals surface area contributed by atoms with E-state index in [1.54, 1.807) is 0 Å². The van der Waals surface area contributed by atoms with Crippen LogP contribution in [0.5, 0.6) is 0 Å². The fourth-order valence-electron chi connectivity index (χ4n) is 1.47. The summed E-state index contributed by atoms with van der Waals surface area (Å²) in [7, 11) is 0. The van der Waals surface area contributed by atoms with Gasteiger partial charge < -0.3 is 0 Å². The maximum atomic E-state index is 13.3. The molecule has 1 saturated carbocycles. The lowest BCUT2D eigenvalue weighted by Crippen LogP contribution is -2.07. The van der Waals surface area contributed by atoms with Crippen LogP contribution >= 0.6 is 11.6 Å². The van der Waals surface area contributed by atoms with Gasteiger partial charge in [-0.05, 0) is 25.0 Å². The van der Waals surface area contributed by atoms with E-state index in [0.29, 0.717) is 12.8 Å². The predicted molar refractivity (Wildman–Crippen MR) is 47.9 cm³/mol. The normalized spacial score (nSPS) is 17.6. The van der Waals surface area contributed by atoms with Gasteiger partial charge in [0.15, 0.2) is 11.6 Å². The Morgan fingerprint density at radius 2 is 2.00 bits per heavy atom. The molecule has 0 bridgehead atoms. The largest absolute Gasteiger partial charge is 0.204 e. The van der Waals surface area contributed by atoms with E-state index in [-0.39, 0.29) is 10.6 Å². The Hall–Kier alpha value is -1.14. The predicted octanol–water partition coefficient (Wildman–Crippen LogP) is 3.17. The van der Waals surface area contributed by atoms with Crippen molar-refractivity contribution in [2.24, 2.45) is 0 Å². The molecule has 0 unspecified atom stereocenters. The van der Waals surface area contributed by atoms with Crippen molar-refractivity contribution in [3.05, 3.63) is 34.4 Å². The van der Waals surface area contributed by atoms with Crippen molar-refractivity contribution < 1.29 is 8.78 Å². The lowest BCUT2D eigenvalue weighted by Gasteiger charge is -2.08. The summed E-state index contributed by atoms with van der Waals surface area (Å²) in [6.45, 7) is 0. The first-order valence-corrected chi connectivity index (χ1v) is 4.53. The number of hydrogen-bond acceptors (Lipinski definition) is 1. The summed E-state index contributed by atoms with van der Waals surface area (Å²) in [5.41, 5.74) is -0.750. The minimum atomic E-state index is -0.992. The fourth-order valence-corrected chi connectivity index (χ4v) is 1.68. The lowest BCUT2D eigenvalue weighted by molar-refractivity contribution is 0.494. The van der Waals surface area contributed by atoms with Crippen LogP contribution in [0.2, 0.25) is 5.02 Å². The second kappa shape index (κ2) is 2.93. The minimum Gasteiger partial charge on any atom is -0.204 e. The number of rotatable bonds is 1. The van der Waals surface area contributed by atoms with Crippen LogP contribution in [-0.4, -0.2) is 0 Å². The minimum absolute atomic E-state index is 0.0880. The molecule has 0 saturated heterocycles. The van der Waals surface area contributed by atoms with Crippen molar-refractivity contribution in [1.29, 1.82) is 5.26 Å². The molecule has 72 valence electrons. The van der Waals surface area contributed by atoms with E-state index in [0.717, 1.165) is 6.07 Å². The zero-order chi connectivity index (χ0) is 10.3. The van der Waals surface area contributed by atoms with Crippen LogP contribution in [0.1, 0.15) is 18.4 Å². The molecule has 0 N–H and O–H groups in total. The average molecular weight is 214 g/mol. The van der Waals surface area contributed by atoms with Crippen molar-refractivity contribution in [3.63, 3.8) is 0 Å². The summed E-state index contributed by atoms with van der Waals surface area (Å²) < 4.78 is 26.3. The lowest BCUT2D eigenvalue weighted by atomic mass is 9.97. The number of benzene rings is 1. The molecule has 1 aromatic carbocycles. The molecule has 1 fully saturated rings. The molecule has 14 heavy (non-hydrogen) atoms. The van der Waals surface area contributed by atoms with Gasteiger partial charge in [-0.2, -0.15) is 5.26 Å². The van der Waals surface area contributed by atoms with Crippen LogP contribution in [0.3, 0.4) is 0 Å². The van der Waals surface area contributed by atoms with E-state index >= 15 is 0 Å². The van der Waals surface area contributed by atoms with Gasteiger partial charge in [-0.3, -0.25) is 0 Å². The standard InChI is InChI=1S/C10H6ClF2N/c11-6-3-7(9(13)8(12)4-6)10(5-14)1-2-10/h3-4H,1-2H2. The van der Waals surface area contributed by atoms with Crippen molar-refractivity contribution in [2.45, 2.75) is 18.3 Å². The fraction of sp³-hybridized carbons (Fsp3) is 0.300. The third kappa shape index (κ3) is 1.27. The summed E-state index contributed by atoms with van der Waals surface area (Å²) in [5, 5.41) is 8.96. The SMILES string of the molecule is N#CC1(c2cc(Cl)cc(F)c2F)CC1. The topological polar surface area (TPSA) is 23.8 Å². The third-order valence-electron chi connectivity index (χ3n) is 2.47. The molecule has 1 aromatic rings. The molecule has 1 aliphatic rings. The van der Waals surface area contributed by atoms with Gasteiger partial charge in [-0.25, -0.2) is 8.78 Å². The average Bonchev–Trinajstić information content (AvgIpc) is 2.92. The van der Waals surface area contributed by atoms with Gasteiger partial charge in [0.05, 0.1) is 11.5 Å². The summed E-state index contributed by atoms with van der Waals surface area (Å²) in [5.74, 6) is -1.94. The van der Waals surface area contributed by atoms with Crippen molar-refractivity contribution in [3.8, 4) is 6.07 Å². The molecule has 0 atom stereocenters. The van der Waals surface area contributed by atoms with E-state index in [1.165, 1.54) is 6.07 Å². The molecular formula is C10H6ClF2N. The molecule has 0 aromatic heterocycles. The Morgan fingerprint density at radius 3 is 2.50 bits per heavy atom. The Kier molecular flexibility index (Phi) is 1.97. The Bertz CT molecular complexity index is 432. The maximum absolute atomic E-state index is 13.3. The summed E-state index contributed by atoms with van der Waals surface area (Å²) in [6, 6.07) is 4.24. The number of nitriles is 1. The molecule has 0 spiro atoms. The Morgan fingerprint density at radius 1 is 1.36 bits per heavy atom. The molecule has 0 aliphatic heterocycles. The van der Waals surface area contributed by atoms with Gasteiger partial charge in [0.25, 0.3) is 0 Å².